The number of nitrogens with zero attached hydrogens (tertiary/aromatic N) is 1. The number of carboxylic acids is 2. The molecule has 0 spiro atoms. The molecule has 352 valence electrons. The molecule has 0 rings (SSSR count). The highest BCUT2D eigenvalue weighted by Gasteiger charge is 2.29. The van der Waals surface area contributed by atoms with Crippen molar-refractivity contribution >= 4 is 11.9 Å². The SMILES string of the molecule is CCCCCCC(CCCCCC)C(CCCCCCC(O)(CCCCCCC(C(=O)O)C(CCCCCC)CCCCCC)CCCCN(CCC)CCC)C(=O)O. The zero-order valence-electron chi connectivity index (χ0n) is 40.7. The zero-order chi connectivity index (χ0) is 43.8. The van der Waals surface area contributed by atoms with E-state index in [0.717, 1.165) is 167 Å². The third-order valence-electron chi connectivity index (χ3n) is 13.7. The molecule has 0 fully saturated rings. The minimum absolute atomic E-state index is 0.219. The molecule has 2 unspecified atom stereocenters. The number of carbonyl (C=O) groups is 2. The van der Waals surface area contributed by atoms with E-state index < -0.39 is 17.5 Å². The Kier molecular flexibility index (Phi) is 40.1. The largest absolute Gasteiger partial charge is 0.481 e. The second-order valence-corrected chi connectivity index (χ2v) is 19.2. The first-order chi connectivity index (χ1) is 28.6. The molecule has 2 atom stereocenters. The maximum Gasteiger partial charge on any atom is 0.306 e. The average Bonchev–Trinajstić information content (AvgIpc) is 3.21. The molecule has 0 aliphatic rings. The van der Waals surface area contributed by atoms with Crippen molar-refractivity contribution in [2.45, 2.75) is 285 Å². The van der Waals surface area contributed by atoms with Crippen LogP contribution < -0.4 is 0 Å². The number of hydrogen-bond donors (Lipinski definition) is 3. The van der Waals surface area contributed by atoms with Crippen LogP contribution in [0.15, 0.2) is 0 Å². The number of aliphatic hydroxyl groups is 1. The predicted molar refractivity (Wildman–Crippen MR) is 255 cm³/mol. The van der Waals surface area contributed by atoms with Crippen molar-refractivity contribution in [2.24, 2.45) is 23.7 Å². The molecule has 0 saturated carbocycles. The van der Waals surface area contributed by atoms with Crippen molar-refractivity contribution in [3.8, 4) is 0 Å². The summed E-state index contributed by atoms with van der Waals surface area (Å²) in [5.41, 5.74) is -0.641. The molecule has 6 heteroatoms. The first-order valence-corrected chi connectivity index (χ1v) is 26.5. The minimum atomic E-state index is -0.641. The van der Waals surface area contributed by atoms with Crippen LogP contribution in [0.2, 0.25) is 0 Å². The molecule has 0 aromatic carbocycles. The monoisotopic (exact) mass is 836 g/mol. The highest BCUT2D eigenvalue weighted by atomic mass is 16.4. The third kappa shape index (κ3) is 32.2. The maximum atomic E-state index is 12.5. The van der Waals surface area contributed by atoms with Gasteiger partial charge in [0.25, 0.3) is 0 Å². The van der Waals surface area contributed by atoms with Crippen LogP contribution >= 0.6 is 0 Å². The van der Waals surface area contributed by atoms with Gasteiger partial charge in [0.1, 0.15) is 0 Å². The van der Waals surface area contributed by atoms with Crippen molar-refractivity contribution in [3.05, 3.63) is 0 Å². The summed E-state index contributed by atoms with van der Waals surface area (Å²) in [6.07, 6.45) is 40.4. The van der Waals surface area contributed by atoms with E-state index in [-0.39, 0.29) is 11.8 Å². The topological polar surface area (TPSA) is 98.1 Å². The molecule has 6 nitrogen and oxygen atoms in total. The molecule has 59 heavy (non-hydrogen) atoms. The molecular formula is C53H105NO5. The summed E-state index contributed by atoms with van der Waals surface area (Å²) >= 11 is 0. The fourth-order valence-corrected chi connectivity index (χ4v) is 10.0. The number of hydrogen-bond acceptors (Lipinski definition) is 4. The van der Waals surface area contributed by atoms with E-state index >= 15 is 0 Å². The number of carboxylic acid groups (broad SMARTS) is 2. The molecule has 0 heterocycles. The fourth-order valence-electron chi connectivity index (χ4n) is 10.0. The number of unbranched alkanes of at least 4 members (excludes halogenated alkanes) is 19. The lowest BCUT2D eigenvalue weighted by atomic mass is 9.80. The predicted octanol–water partition coefficient (Wildman–Crippen LogP) is 16.2. The number of aliphatic carboxylic acids is 2. The molecule has 0 aliphatic carbocycles. The van der Waals surface area contributed by atoms with Crippen LogP contribution in [0.25, 0.3) is 0 Å². The van der Waals surface area contributed by atoms with Crippen molar-refractivity contribution < 1.29 is 24.9 Å². The Morgan fingerprint density at radius 1 is 0.373 bits per heavy atom. The molecule has 0 amide bonds. The van der Waals surface area contributed by atoms with E-state index in [0.29, 0.717) is 11.8 Å². The molecule has 3 N–H and O–H groups in total. The van der Waals surface area contributed by atoms with E-state index in [4.69, 9.17) is 0 Å². The summed E-state index contributed by atoms with van der Waals surface area (Å²) in [5, 5.41) is 32.7. The summed E-state index contributed by atoms with van der Waals surface area (Å²) in [6, 6.07) is 0. The first-order valence-electron chi connectivity index (χ1n) is 26.5. The van der Waals surface area contributed by atoms with E-state index in [9.17, 15) is 24.9 Å². The van der Waals surface area contributed by atoms with Gasteiger partial charge in [-0.2, -0.15) is 0 Å². The third-order valence-corrected chi connectivity index (χ3v) is 13.7. The summed E-state index contributed by atoms with van der Waals surface area (Å²) in [4.78, 5) is 27.6. The number of rotatable bonds is 47. The van der Waals surface area contributed by atoms with Crippen molar-refractivity contribution in [2.75, 3.05) is 19.6 Å². The molecule has 0 saturated heterocycles. The highest BCUT2D eigenvalue weighted by Crippen LogP contribution is 2.33. The van der Waals surface area contributed by atoms with Gasteiger partial charge < -0.3 is 20.2 Å². The highest BCUT2D eigenvalue weighted by molar-refractivity contribution is 5.70. The lowest BCUT2D eigenvalue weighted by Gasteiger charge is -2.29. The Bertz CT molecular complexity index is 838. The van der Waals surface area contributed by atoms with Gasteiger partial charge in [-0.15, -0.1) is 0 Å². The lowest BCUT2D eigenvalue weighted by molar-refractivity contribution is -0.145. The van der Waals surface area contributed by atoms with E-state index in [1.807, 2.05) is 0 Å². The van der Waals surface area contributed by atoms with E-state index in [2.05, 4.69) is 46.4 Å². The van der Waals surface area contributed by atoms with Crippen LogP contribution in [0, 0.1) is 23.7 Å². The smallest absolute Gasteiger partial charge is 0.306 e. The van der Waals surface area contributed by atoms with E-state index in [1.54, 1.807) is 0 Å². The molecular weight excluding hydrogens is 731 g/mol. The fraction of sp³-hybridized carbons (Fsp3) is 0.962. The molecule has 0 radical (unpaired) electrons. The Labute approximate surface area is 368 Å². The van der Waals surface area contributed by atoms with Crippen molar-refractivity contribution in [3.63, 3.8) is 0 Å². The van der Waals surface area contributed by atoms with Gasteiger partial charge in [0.05, 0.1) is 17.4 Å². The standard InChI is InChI=1S/C53H105NO5/c1-7-13-17-25-35-47(36-26-18-14-8-2)49(51(55)56)39-29-21-23-31-41-53(59,43-33-34-46-54(44-11-5)45-12-6)42-32-24-22-30-40-50(52(57)58)48(37-27-19-15-9-3)38-28-20-16-10-4/h47-50,59H,7-46H2,1-6H3,(H,55,56)(H,57,58). The molecule has 0 aliphatic heterocycles. The minimum Gasteiger partial charge on any atom is -0.481 e. The first kappa shape index (κ1) is 57.9. The van der Waals surface area contributed by atoms with Crippen LogP contribution in [0.3, 0.4) is 0 Å². The van der Waals surface area contributed by atoms with Crippen LogP contribution in [0.4, 0.5) is 0 Å². The second kappa shape index (κ2) is 40.9. The van der Waals surface area contributed by atoms with Crippen LogP contribution in [0.5, 0.6) is 0 Å². The van der Waals surface area contributed by atoms with Crippen LogP contribution in [0.1, 0.15) is 279 Å². The van der Waals surface area contributed by atoms with Crippen molar-refractivity contribution in [1.29, 1.82) is 0 Å². The summed E-state index contributed by atoms with van der Waals surface area (Å²) in [5.74, 6) is -1.00. The van der Waals surface area contributed by atoms with Gasteiger partial charge in [-0.25, -0.2) is 0 Å². The lowest BCUT2D eigenvalue weighted by Crippen LogP contribution is -2.30. The normalized spacial score (nSPS) is 14.1. The maximum absolute atomic E-state index is 12.5. The van der Waals surface area contributed by atoms with Crippen LogP contribution in [-0.4, -0.2) is 57.4 Å². The summed E-state index contributed by atoms with van der Waals surface area (Å²) in [6.45, 7) is 16.9. The van der Waals surface area contributed by atoms with Crippen LogP contribution in [-0.2, 0) is 9.59 Å². The Morgan fingerprint density at radius 3 is 0.966 bits per heavy atom. The van der Waals surface area contributed by atoms with Gasteiger partial charge in [-0.1, -0.05) is 196 Å². The van der Waals surface area contributed by atoms with E-state index in [1.165, 1.54) is 89.9 Å². The summed E-state index contributed by atoms with van der Waals surface area (Å²) in [7, 11) is 0. The molecule has 0 aromatic rings. The quantitative estimate of drug-likeness (QED) is 0.0528. The van der Waals surface area contributed by atoms with Gasteiger partial charge in [0, 0.05) is 0 Å². The van der Waals surface area contributed by atoms with Gasteiger partial charge in [-0.3, -0.25) is 9.59 Å². The van der Waals surface area contributed by atoms with Gasteiger partial charge in [-0.05, 0) is 115 Å². The van der Waals surface area contributed by atoms with Gasteiger partial charge in [0.15, 0.2) is 0 Å². The second-order valence-electron chi connectivity index (χ2n) is 19.2. The summed E-state index contributed by atoms with van der Waals surface area (Å²) < 4.78 is 0. The average molecular weight is 836 g/mol. The Morgan fingerprint density at radius 2 is 0.661 bits per heavy atom. The molecule has 0 aromatic heterocycles. The zero-order valence-corrected chi connectivity index (χ0v) is 40.7. The Hall–Kier alpha value is -1.14. The van der Waals surface area contributed by atoms with Gasteiger partial charge >= 0.3 is 11.9 Å². The van der Waals surface area contributed by atoms with Gasteiger partial charge in [0.2, 0.25) is 0 Å². The Balaban J connectivity index is 5.26. The molecule has 0 bridgehead atoms. The van der Waals surface area contributed by atoms with Crippen molar-refractivity contribution in [1.82, 2.24) is 4.90 Å².